The normalized spacial score (nSPS) is 19.9. The summed E-state index contributed by atoms with van der Waals surface area (Å²) in [6, 6.07) is 16.8. The lowest BCUT2D eigenvalue weighted by atomic mass is 10.0. The Morgan fingerprint density at radius 3 is 2.80 bits per heavy atom. The van der Waals surface area contributed by atoms with Crippen molar-refractivity contribution in [3.8, 4) is 0 Å². The van der Waals surface area contributed by atoms with Crippen LogP contribution in [-0.4, -0.2) is 23.8 Å². The van der Waals surface area contributed by atoms with Gasteiger partial charge < -0.3 is 10.2 Å². The molecule has 20 heavy (non-hydrogen) atoms. The largest absolute Gasteiger partial charge is 0.361 e. The van der Waals surface area contributed by atoms with Crippen molar-refractivity contribution < 1.29 is 0 Å². The Balaban J connectivity index is 1.84. The zero-order valence-electron chi connectivity index (χ0n) is 10.9. The molecule has 2 aliphatic heterocycles. The minimum Gasteiger partial charge on any atom is -0.361 e. The third-order valence-corrected chi connectivity index (χ3v) is 4.57. The van der Waals surface area contributed by atoms with E-state index in [9.17, 15) is 0 Å². The van der Waals surface area contributed by atoms with E-state index in [1.807, 2.05) is 6.07 Å². The van der Waals surface area contributed by atoms with E-state index in [2.05, 4.69) is 68.6 Å². The fourth-order valence-electron chi connectivity index (χ4n) is 2.92. The fraction of sp³-hybridized carbons (Fsp3) is 0.188. The highest BCUT2D eigenvalue weighted by Crippen LogP contribution is 2.37. The molecule has 0 aromatic heterocycles. The molecule has 2 aliphatic rings. The molecule has 1 atom stereocenters. The van der Waals surface area contributed by atoms with Crippen LogP contribution in [0.5, 0.6) is 0 Å². The van der Waals surface area contributed by atoms with E-state index < -0.39 is 0 Å². The highest BCUT2D eigenvalue weighted by molar-refractivity contribution is 9.10. The lowest BCUT2D eigenvalue weighted by Gasteiger charge is -2.38. The summed E-state index contributed by atoms with van der Waals surface area (Å²) in [6.45, 7) is 1.83. The maximum absolute atomic E-state index is 4.69. The van der Waals surface area contributed by atoms with Gasteiger partial charge in [0.2, 0.25) is 0 Å². The van der Waals surface area contributed by atoms with Crippen LogP contribution in [-0.2, 0) is 0 Å². The molecule has 2 heterocycles. The first-order chi connectivity index (χ1) is 9.84. The minimum absolute atomic E-state index is 0.140. The van der Waals surface area contributed by atoms with Gasteiger partial charge in [0.15, 0.2) is 0 Å². The second-order valence-corrected chi connectivity index (χ2v) is 5.87. The Hall–Kier alpha value is -1.81. The molecule has 100 valence electrons. The average molecular weight is 328 g/mol. The number of rotatable bonds is 1. The zero-order valence-corrected chi connectivity index (χ0v) is 12.5. The molecule has 2 aromatic rings. The number of para-hydroxylation sites is 1. The summed E-state index contributed by atoms with van der Waals surface area (Å²) in [5.74, 6) is 1.11. The van der Waals surface area contributed by atoms with E-state index in [1.54, 1.807) is 0 Å². The van der Waals surface area contributed by atoms with Gasteiger partial charge in [-0.05, 0) is 18.2 Å². The van der Waals surface area contributed by atoms with E-state index in [0.29, 0.717) is 0 Å². The van der Waals surface area contributed by atoms with Crippen LogP contribution < -0.4 is 5.32 Å². The first kappa shape index (κ1) is 12.0. The van der Waals surface area contributed by atoms with E-state index in [1.165, 1.54) is 11.1 Å². The van der Waals surface area contributed by atoms with Crippen molar-refractivity contribution in [3.63, 3.8) is 0 Å². The van der Waals surface area contributed by atoms with E-state index in [-0.39, 0.29) is 6.17 Å². The molecule has 3 nitrogen and oxygen atoms in total. The van der Waals surface area contributed by atoms with Gasteiger partial charge in [0.05, 0.1) is 6.54 Å². The molecule has 0 spiro atoms. The van der Waals surface area contributed by atoms with Crippen LogP contribution >= 0.6 is 15.9 Å². The third-order valence-electron chi connectivity index (χ3n) is 3.85. The number of nitrogens with zero attached hydrogens (tertiary/aromatic N) is 2. The Bertz CT molecular complexity index is 696. The quantitative estimate of drug-likeness (QED) is 0.866. The molecule has 4 rings (SSSR count). The second-order valence-electron chi connectivity index (χ2n) is 5.01. The van der Waals surface area contributed by atoms with Gasteiger partial charge in [-0.1, -0.05) is 46.3 Å². The zero-order chi connectivity index (χ0) is 13.5. The van der Waals surface area contributed by atoms with Crippen molar-refractivity contribution in [2.45, 2.75) is 6.17 Å². The summed E-state index contributed by atoms with van der Waals surface area (Å²) >= 11 is 3.66. The maximum atomic E-state index is 4.69. The Labute approximate surface area is 126 Å². The van der Waals surface area contributed by atoms with Gasteiger partial charge in [-0.3, -0.25) is 4.99 Å². The predicted molar refractivity (Wildman–Crippen MR) is 85.1 cm³/mol. The van der Waals surface area contributed by atoms with Crippen molar-refractivity contribution in [2.24, 2.45) is 4.99 Å². The number of anilines is 1. The van der Waals surface area contributed by atoms with Crippen LogP contribution in [0, 0.1) is 0 Å². The van der Waals surface area contributed by atoms with Crippen molar-refractivity contribution in [1.82, 2.24) is 4.90 Å². The Morgan fingerprint density at radius 1 is 1.10 bits per heavy atom. The summed E-state index contributed by atoms with van der Waals surface area (Å²) < 4.78 is 1.13. The molecule has 4 heteroatoms. The van der Waals surface area contributed by atoms with Gasteiger partial charge in [0.1, 0.15) is 12.0 Å². The van der Waals surface area contributed by atoms with Crippen LogP contribution in [0.4, 0.5) is 5.69 Å². The molecule has 0 amide bonds. The van der Waals surface area contributed by atoms with E-state index >= 15 is 0 Å². The summed E-state index contributed by atoms with van der Waals surface area (Å²) in [7, 11) is 0. The second kappa shape index (κ2) is 4.63. The van der Waals surface area contributed by atoms with E-state index in [0.717, 1.165) is 29.1 Å². The molecule has 0 radical (unpaired) electrons. The molecule has 2 aromatic carbocycles. The third kappa shape index (κ3) is 1.75. The van der Waals surface area contributed by atoms with Gasteiger partial charge in [-0.15, -0.1) is 0 Å². The van der Waals surface area contributed by atoms with E-state index in [4.69, 9.17) is 4.99 Å². The molecule has 0 bridgehead atoms. The molecule has 0 saturated heterocycles. The van der Waals surface area contributed by atoms with Crippen LogP contribution in [0.2, 0.25) is 0 Å². The predicted octanol–water partition coefficient (Wildman–Crippen LogP) is 3.64. The summed E-state index contributed by atoms with van der Waals surface area (Å²) in [6.07, 6.45) is 0.140. The van der Waals surface area contributed by atoms with Crippen LogP contribution in [0.15, 0.2) is 58.0 Å². The molecule has 1 unspecified atom stereocenters. The first-order valence-corrected chi connectivity index (χ1v) is 7.55. The Kier molecular flexibility index (Phi) is 2.77. The van der Waals surface area contributed by atoms with Gasteiger partial charge in [-0.2, -0.15) is 0 Å². The SMILES string of the molecule is Brc1ccccc1C1Nc2ccccc2C2=NCCN21. The highest BCUT2D eigenvalue weighted by Gasteiger charge is 2.33. The van der Waals surface area contributed by atoms with Crippen molar-refractivity contribution in [1.29, 1.82) is 0 Å². The summed E-state index contributed by atoms with van der Waals surface area (Å²) in [4.78, 5) is 7.04. The Morgan fingerprint density at radius 2 is 1.90 bits per heavy atom. The minimum atomic E-state index is 0.140. The lowest BCUT2D eigenvalue weighted by molar-refractivity contribution is 0.369. The number of benzene rings is 2. The van der Waals surface area contributed by atoms with Crippen LogP contribution in [0.3, 0.4) is 0 Å². The highest BCUT2D eigenvalue weighted by atomic mass is 79.9. The van der Waals surface area contributed by atoms with Gasteiger partial charge in [-0.25, -0.2) is 0 Å². The van der Waals surface area contributed by atoms with Crippen LogP contribution in [0.25, 0.3) is 0 Å². The summed E-state index contributed by atoms with van der Waals surface area (Å²) in [5.41, 5.74) is 3.61. The lowest BCUT2D eigenvalue weighted by Crippen LogP contribution is -2.41. The molecule has 0 fully saturated rings. The average Bonchev–Trinajstić information content (AvgIpc) is 2.97. The van der Waals surface area contributed by atoms with Gasteiger partial charge in [0.25, 0.3) is 0 Å². The number of amidine groups is 1. The number of hydrogen-bond acceptors (Lipinski definition) is 3. The maximum Gasteiger partial charge on any atom is 0.135 e. The smallest absolute Gasteiger partial charge is 0.135 e. The number of fused-ring (bicyclic) bond motifs is 3. The topological polar surface area (TPSA) is 27.6 Å². The molecule has 0 saturated carbocycles. The van der Waals surface area contributed by atoms with Crippen molar-refractivity contribution >= 4 is 27.5 Å². The number of hydrogen-bond donors (Lipinski definition) is 1. The monoisotopic (exact) mass is 327 g/mol. The fourth-order valence-corrected chi connectivity index (χ4v) is 3.42. The molecule has 0 aliphatic carbocycles. The van der Waals surface area contributed by atoms with Crippen molar-refractivity contribution in [3.05, 3.63) is 64.1 Å². The van der Waals surface area contributed by atoms with Gasteiger partial charge in [0, 0.05) is 27.8 Å². The van der Waals surface area contributed by atoms with Crippen LogP contribution in [0.1, 0.15) is 17.3 Å². The summed E-state index contributed by atoms with van der Waals surface area (Å²) in [5, 5.41) is 3.64. The first-order valence-electron chi connectivity index (χ1n) is 6.76. The molecular weight excluding hydrogens is 314 g/mol. The van der Waals surface area contributed by atoms with Gasteiger partial charge >= 0.3 is 0 Å². The number of aliphatic imine (C=N–C) groups is 1. The standard InChI is InChI=1S/C16H14BrN3/c17-13-7-3-1-5-11(13)16-19-14-8-4-2-6-12(14)15-18-9-10-20(15)16/h1-8,16,19H,9-10H2. The number of nitrogens with one attached hydrogen (secondary N) is 1. The molecular formula is C16H14BrN3. The molecule has 1 N–H and O–H groups in total. The van der Waals surface area contributed by atoms with Crippen molar-refractivity contribution in [2.75, 3.05) is 18.4 Å². The number of halogens is 1.